The average Bonchev–Trinajstić information content (AvgIpc) is 2.77. The van der Waals surface area contributed by atoms with Crippen molar-refractivity contribution in [2.24, 2.45) is 10.9 Å². The summed E-state index contributed by atoms with van der Waals surface area (Å²) in [6.07, 6.45) is 3.48. The molecule has 3 aliphatic rings. The van der Waals surface area contributed by atoms with Crippen molar-refractivity contribution in [2.45, 2.75) is 51.6 Å². The van der Waals surface area contributed by atoms with Crippen molar-refractivity contribution in [1.82, 2.24) is 4.90 Å². The molecule has 0 radical (unpaired) electrons. The zero-order valence-corrected chi connectivity index (χ0v) is 18.6. The number of benzene rings is 1. The minimum absolute atomic E-state index is 0.0689. The molecule has 7 heteroatoms. The van der Waals surface area contributed by atoms with Gasteiger partial charge in [0.05, 0.1) is 6.42 Å². The first kappa shape index (κ1) is 22.9. The molecule has 1 aromatic carbocycles. The van der Waals surface area contributed by atoms with E-state index in [1.54, 1.807) is 0 Å². The molecule has 32 heavy (non-hydrogen) atoms. The van der Waals surface area contributed by atoms with Crippen LogP contribution in [0.5, 0.6) is 11.5 Å². The van der Waals surface area contributed by atoms with E-state index in [9.17, 15) is 13.2 Å². The Morgan fingerprint density at radius 2 is 1.94 bits per heavy atom. The van der Waals surface area contributed by atoms with Gasteiger partial charge in [-0.05, 0) is 66.9 Å². The second-order valence-electron chi connectivity index (χ2n) is 8.82. The molecule has 0 saturated heterocycles. The van der Waals surface area contributed by atoms with Crippen LogP contribution in [0.25, 0.3) is 0 Å². The predicted octanol–water partition coefficient (Wildman–Crippen LogP) is 5.73. The summed E-state index contributed by atoms with van der Waals surface area (Å²) in [5.41, 5.74) is 4.84. The zero-order valence-electron chi connectivity index (χ0n) is 18.6. The molecule has 1 atom stereocenters. The largest absolute Gasteiger partial charge is 0.486 e. The quantitative estimate of drug-likeness (QED) is 0.557. The summed E-state index contributed by atoms with van der Waals surface area (Å²) >= 11 is 0. The summed E-state index contributed by atoms with van der Waals surface area (Å²) in [6, 6.07) is 6.11. The molecule has 0 saturated carbocycles. The molecule has 0 N–H and O–H groups in total. The van der Waals surface area contributed by atoms with Crippen molar-refractivity contribution in [1.29, 1.82) is 0 Å². The molecule has 1 aromatic rings. The van der Waals surface area contributed by atoms with Crippen LogP contribution >= 0.6 is 0 Å². The Bertz CT molecular complexity index is 905. The molecule has 0 aromatic heterocycles. The first-order chi connectivity index (χ1) is 15.4. The molecule has 0 bridgehead atoms. The van der Waals surface area contributed by atoms with Crippen molar-refractivity contribution in [3.8, 4) is 11.5 Å². The number of ether oxygens (including phenoxy) is 2. The highest BCUT2D eigenvalue weighted by molar-refractivity contribution is 6.01. The van der Waals surface area contributed by atoms with Crippen molar-refractivity contribution >= 4 is 5.71 Å². The van der Waals surface area contributed by atoms with Crippen molar-refractivity contribution in [2.75, 3.05) is 32.8 Å². The topological polar surface area (TPSA) is 34.1 Å². The van der Waals surface area contributed by atoms with E-state index in [1.165, 1.54) is 16.7 Å². The van der Waals surface area contributed by atoms with Crippen LogP contribution in [0.4, 0.5) is 13.2 Å². The van der Waals surface area contributed by atoms with E-state index in [0.29, 0.717) is 32.2 Å². The lowest BCUT2D eigenvalue weighted by molar-refractivity contribution is -0.137. The Kier molecular flexibility index (Phi) is 7.23. The zero-order chi connectivity index (χ0) is 22.6. The number of alkyl halides is 3. The van der Waals surface area contributed by atoms with E-state index in [2.05, 4.69) is 25.1 Å². The van der Waals surface area contributed by atoms with Gasteiger partial charge in [0, 0.05) is 31.5 Å². The van der Waals surface area contributed by atoms with Gasteiger partial charge in [0.15, 0.2) is 11.5 Å². The van der Waals surface area contributed by atoms with Crippen LogP contribution in [0.1, 0.15) is 44.6 Å². The number of allylic oxidation sites excluding steroid dienone is 1. The molecular weight excluding hydrogens is 417 g/mol. The average molecular weight is 449 g/mol. The number of aliphatic imine (C=N–C) groups is 1. The molecule has 3 heterocycles. The van der Waals surface area contributed by atoms with Crippen LogP contribution < -0.4 is 9.47 Å². The standard InChI is InChI=1S/C25H31F3N2O2/c1-18-4-3-11-29-22(20-9-12-30(17-21(18)20)13-10-25(26,27)28)6-2-5-19-7-8-23-24(16-19)32-15-14-31-23/h3,7-8,11,16,18H,2,4-6,9-10,12-15,17H2,1H3/b11-3+,29-22?. The Morgan fingerprint density at radius 1 is 1.12 bits per heavy atom. The number of hydrogen-bond acceptors (Lipinski definition) is 4. The monoisotopic (exact) mass is 448 g/mol. The lowest BCUT2D eigenvalue weighted by Gasteiger charge is -2.34. The van der Waals surface area contributed by atoms with Crippen LogP contribution in [0, 0.1) is 5.92 Å². The number of aryl methyl sites for hydroxylation is 1. The highest BCUT2D eigenvalue weighted by atomic mass is 19.4. The fraction of sp³-hybridized carbons (Fsp3) is 0.560. The van der Waals surface area contributed by atoms with Gasteiger partial charge in [-0.15, -0.1) is 0 Å². The molecular formula is C25H31F3N2O2. The van der Waals surface area contributed by atoms with Gasteiger partial charge in [-0.25, -0.2) is 0 Å². The minimum Gasteiger partial charge on any atom is -0.486 e. The summed E-state index contributed by atoms with van der Waals surface area (Å²) in [7, 11) is 0. The highest BCUT2D eigenvalue weighted by Crippen LogP contribution is 2.33. The summed E-state index contributed by atoms with van der Waals surface area (Å²) in [5.74, 6) is 1.93. The van der Waals surface area contributed by atoms with Crippen molar-refractivity contribution in [3.63, 3.8) is 0 Å². The van der Waals surface area contributed by atoms with Gasteiger partial charge in [0.25, 0.3) is 0 Å². The third kappa shape index (κ3) is 5.94. The van der Waals surface area contributed by atoms with Crippen molar-refractivity contribution in [3.05, 3.63) is 47.2 Å². The molecule has 0 aliphatic carbocycles. The number of nitrogens with zero attached hydrogens (tertiary/aromatic N) is 2. The fourth-order valence-corrected chi connectivity index (χ4v) is 4.65. The van der Waals surface area contributed by atoms with Gasteiger partial charge in [0.1, 0.15) is 13.2 Å². The van der Waals surface area contributed by atoms with Crippen LogP contribution in [-0.2, 0) is 6.42 Å². The maximum absolute atomic E-state index is 12.7. The first-order valence-corrected chi connectivity index (χ1v) is 11.5. The number of fused-ring (bicyclic) bond motifs is 1. The highest BCUT2D eigenvalue weighted by Gasteiger charge is 2.30. The normalized spacial score (nSPS) is 22.6. The second-order valence-corrected chi connectivity index (χ2v) is 8.82. The molecule has 3 aliphatic heterocycles. The molecule has 1 unspecified atom stereocenters. The summed E-state index contributed by atoms with van der Waals surface area (Å²) < 4.78 is 49.4. The lowest BCUT2D eigenvalue weighted by Crippen LogP contribution is -2.37. The van der Waals surface area contributed by atoms with Crippen LogP contribution in [0.15, 0.2) is 46.6 Å². The lowest BCUT2D eigenvalue weighted by atomic mass is 9.84. The smallest absolute Gasteiger partial charge is 0.390 e. The van der Waals surface area contributed by atoms with Gasteiger partial charge in [-0.3, -0.25) is 9.89 Å². The number of hydrogen-bond donors (Lipinski definition) is 0. The first-order valence-electron chi connectivity index (χ1n) is 11.5. The van der Waals surface area contributed by atoms with Crippen LogP contribution in [-0.4, -0.2) is 49.6 Å². The minimum atomic E-state index is -4.11. The van der Waals surface area contributed by atoms with Gasteiger partial charge in [0.2, 0.25) is 0 Å². The fourth-order valence-electron chi connectivity index (χ4n) is 4.65. The van der Waals surface area contributed by atoms with E-state index >= 15 is 0 Å². The maximum atomic E-state index is 12.7. The van der Waals surface area contributed by atoms with Crippen molar-refractivity contribution < 1.29 is 22.6 Å². The maximum Gasteiger partial charge on any atom is 0.390 e. The predicted molar refractivity (Wildman–Crippen MR) is 119 cm³/mol. The number of halogens is 3. The van der Waals surface area contributed by atoms with E-state index in [-0.39, 0.29) is 6.54 Å². The third-order valence-corrected chi connectivity index (χ3v) is 6.43. The molecule has 4 nitrogen and oxygen atoms in total. The van der Waals surface area contributed by atoms with Crippen LogP contribution in [0.2, 0.25) is 0 Å². The molecule has 0 spiro atoms. The second kappa shape index (κ2) is 10.1. The molecule has 0 amide bonds. The summed E-state index contributed by atoms with van der Waals surface area (Å²) in [5, 5.41) is 0. The third-order valence-electron chi connectivity index (χ3n) is 6.43. The SMILES string of the molecule is CC1C/C=C/N=C(CCCc2ccc3c(c2)OCCO3)C2=C1CN(CCC(F)(F)F)CC2. The molecule has 4 rings (SSSR count). The van der Waals surface area contributed by atoms with Gasteiger partial charge in [-0.2, -0.15) is 13.2 Å². The van der Waals surface area contributed by atoms with Gasteiger partial charge >= 0.3 is 6.18 Å². The Hall–Kier alpha value is -2.28. The van der Waals surface area contributed by atoms with Crippen LogP contribution in [0.3, 0.4) is 0 Å². The van der Waals surface area contributed by atoms with E-state index in [4.69, 9.17) is 14.5 Å². The molecule has 174 valence electrons. The van der Waals surface area contributed by atoms with E-state index in [1.807, 2.05) is 17.2 Å². The van der Waals surface area contributed by atoms with E-state index < -0.39 is 12.6 Å². The van der Waals surface area contributed by atoms with E-state index in [0.717, 1.165) is 49.3 Å². The Labute approximate surface area is 187 Å². The van der Waals surface area contributed by atoms with Gasteiger partial charge in [-0.1, -0.05) is 19.1 Å². The van der Waals surface area contributed by atoms with Gasteiger partial charge < -0.3 is 9.47 Å². The Balaban J connectivity index is 1.41. The molecule has 0 fully saturated rings. The Morgan fingerprint density at radius 3 is 2.75 bits per heavy atom. The summed E-state index contributed by atoms with van der Waals surface area (Å²) in [6.45, 7) is 4.68. The summed E-state index contributed by atoms with van der Waals surface area (Å²) in [4.78, 5) is 6.69. The number of rotatable bonds is 6.